The summed E-state index contributed by atoms with van der Waals surface area (Å²) in [7, 11) is 1.84. The lowest BCUT2D eigenvalue weighted by molar-refractivity contribution is 0.605. The fourth-order valence-electron chi connectivity index (χ4n) is 4.34. The summed E-state index contributed by atoms with van der Waals surface area (Å²) in [4.78, 5) is 17.8. The molecule has 0 aliphatic carbocycles. The van der Waals surface area contributed by atoms with Crippen molar-refractivity contribution in [1.29, 1.82) is 0 Å². The van der Waals surface area contributed by atoms with E-state index in [1.807, 2.05) is 64.2 Å². The molecule has 7 nitrogen and oxygen atoms in total. The third-order valence-electron chi connectivity index (χ3n) is 6.16. The molecule has 0 fully saturated rings. The van der Waals surface area contributed by atoms with Gasteiger partial charge in [0.05, 0.1) is 28.3 Å². The lowest BCUT2D eigenvalue weighted by Crippen LogP contribution is -2.13. The predicted octanol–water partition coefficient (Wildman–Crippen LogP) is 5.89. The van der Waals surface area contributed by atoms with E-state index in [0.717, 1.165) is 39.1 Å². The van der Waals surface area contributed by atoms with E-state index in [9.17, 15) is 4.79 Å². The maximum atomic E-state index is 13.4. The molecule has 0 aliphatic rings. The van der Waals surface area contributed by atoms with Crippen LogP contribution in [0.1, 0.15) is 35.3 Å². The van der Waals surface area contributed by atoms with Crippen LogP contribution in [-0.2, 0) is 7.05 Å². The molecule has 3 heterocycles. The zero-order valence-electron chi connectivity index (χ0n) is 19.6. The molecule has 0 spiro atoms. The first-order valence-corrected chi connectivity index (χ1v) is 11.4. The third kappa shape index (κ3) is 3.72. The highest BCUT2D eigenvalue weighted by molar-refractivity contribution is 6.29. The Hall–Kier alpha value is -3.71. The summed E-state index contributed by atoms with van der Waals surface area (Å²) in [5.74, 6) is 0.534. The summed E-state index contributed by atoms with van der Waals surface area (Å²) in [5, 5.41) is 12.8. The standard InChI is InChI=1S/C26H24ClN5O2/c1-13-10-18(15(3)28-20-7-9-23(27)29-16(20)4)26-19(11-13)24(33)14(2)25(34-26)17-6-8-22-21(12-17)30-31-32(22)5/h6-12,15,28H,1-5H3. The first kappa shape index (κ1) is 22.1. The molecular weight excluding hydrogens is 450 g/mol. The molecular formula is C26H24ClN5O2. The van der Waals surface area contributed by atoms with Crippen molar-refractivity contribution in [1.82, 2.24) is 20.0 Å². The van der Waals surface area contributed by atoms with E-state index in [1.54, 1.807) is 17.7 Å². The maximum Gasteiger partial charge on any atom is 0.196 e. The van der Waals surface area contributed by atoms with Gasteiger partial charge in [-0.2, -0.15) is 0 Å². The average molecular weight is 474 g/mol. The number of benzene rings is 2. The Morgan fingerprint density at radius 2 is 1.88 bits per heavy atom. The number of rotatable bonds is 4. The molecule has 3 aromatic heterocycles. The fraction of sp³-hybridized carbons (Fsp3) is 0.231. The molecule has 5 rings (SSSR count). The maximum absolute atomic E-state index is 13.4. The van der Waals surface area contributed by atoms with Gasteiger partial charge >= 0.3 is 0 Å². The summed E-state index contributed by atoms with van der Waals surface area (Å²) in [6.07, 6.45) is 0. The second-order valence-corrected chi connectivity index (χ2v) is 9.05. The molecule has 0 aliphatic heterocycles. The highest BCUT2D eigenvalue weighted by atomic mass is 35.5. The third-order valence-corrected chi connectivity index (χ3v) is 6.37. The minimum Gasteiger partial charge on any atom is -0.455 e. The normalized spacial score (nSPS) is 12.4. The smallest absolute Gasteiger partial charge is 0.196 e. The van der Waals surface area contributed by atoms with Crippen molar-refractivity contribution in [3.63, 3.8) is 0 Å². The minimum absolute atomic E-state index is 0.0445. The van der Waals surface area contributed by atoms with E-state index in [4.69, 9.17) is 16.0 Å². The number of aromatic nitrogens is 4. The van der Waals surface area contributed by atoms with Gasteiger partial charge in [0.2, 0.25) is 0 Å². The Morgan fingerprint density at radius 3 is 2.65 bits per heavy atom. The second-order valence-electron chi connectivity index (χ2n) is 8.67. The van der Waals surface area contributed by atoms with Crippen molar-refractivity contribution < 1.29 is 4.42 Å². The van der Waals surface area contributed by atoms with E-state index < -0.39 is 0 Å². The molecule has 0 saturated carbocycles. The van der Waals surface area contributed by atoms with Crippen LogP contribution in [0.4, 0.5) is 5.69 Å². The van der Waals surface area contributed by atoms with Gasteiger partial charge in [0.25, 0.3) is 0 Å². The van der Waals surface area contributed by atoms with E-state index in [1.165, 1.54) is 0 Å². The van der Waals surface area contributed by atoms with Crippen LogP contribution < -0.4 is 10.7 Å². The number of pyridine rings is 1. The fourth-order valence-corrected chi connectivity index (χ4v) is 4.53. The topological polar surface area (TPSA) is 85.8 Å². The highest BCUT2D eigenvalue weighted by Gasteiger charge is 2.20. The van der Waals surface area contributed by atoms with Gasteiger partial charge in [0, 0.05) is 23.7 Å². The number of nitrogens with zero attached hydrogens (tertiary/aromatic N) is 4. The SMILES string of the molecule is Cc1cc(C(C)Nc2ccc(Cl)nc2C)c2oc(-c3ccc4c(c3)nnn4C)c(C)c(=O)c2c1. The molecule has 1 unspecified atom stereocenters. The largest absolute Gasteiger partial charge is 0.455 e. The summed E-state index contributed by atoms with van der Waals surface area (Å²) < 4.78 is 8.19. The van der Waals surface area contributed by atoms with Crippen molar-refractivity contribution in [2.24, 2.45) is 7.05 Å². The Labute approximate surface area is 201 Å². The van der Waals surface area contributed by atoms with E-state index >= 15 is 0 Å². The predicted molar refractivity (Wildman–Crippen MR) is 135 cm³/mol. The van der Waals surface area contributed by atoms with Crippen molar-refractivity contribution in [3.05, 3.63) is 80.2 Å². The molecule has 1 atom stereocenters. The van der Waals surface area contributed by atoms with Gasteiger partial charge in [0.15, 0.2) is 5.43 Å². The van der Waals surface area contributed by atoms with E-state index in [2.05, 4.69) is 20.6 Å². The molecule has 34 heavy (non-hydrogen) atoms. The number of halogens is 1. The van der Waals surface area contributed by atoms with Gasteiger partial charge in [-0.3, -0.25) is 4.79 Å². The Bertz CT molecular complexity index is 1640. The van der Waals surface area contributed by atoms with Crippen LogP contribution in [0.3, 0.4) is 0 Å². The van der Waals surface area contributed by atoms with Crippen LogP contribution >= 0.6 is 11.6 Å². The number of nitrogens with one attached hydrogen (secondary N) is 1. The van der Waals surface area contributed by atoms with E-state index in [0.29, 0.717) is 27.4 Å². The van der Waals surface area contributed by atoms with Crippen LogP contribution in [0.25, 0.3) is 33.3 Å². The number of aryl methyl sites for hydroxylation is 3. The Morgan fingerprint density at radius 1 is 1.09 bits per heavy atom. The lowest BCUT2D eigenvalue weighted by Gasteiger charge is -2.19. The number of fused-ring (bicyclic) bond motifs is 2. The Balaban J connectivity index is 1.68. The number of anilines is 1. The molecule has 0 saturated heterocycles. The lowest BCUT2D eigenvalue weighted by atomic mass is 9.98. The van der Waals surface area contributed by atoms with Crippen LogP contribution in [0.15, 0.2) is 51.7 Å². The highest BCUT2D eigenvalue weighted by Crippen LogP contribution is 2.33. The molecule has 0 amide bonds. The molecule has 8 heteroatoms. The molecule has 0 bridgehead atoms. The Kier molecular flexibility index (Phi) is 5.37. The van der Waals surface area contributed by atoms with Crippen molar-refractivity contribution in [3.8, 4) is 11.3 Å². The summed E-state index contributed by atoms with van der Waals surface area (Å²) in [6.45, 7) is 7.72. The molecule has 172 valence electrons. The van der Waals surface area contributed by atoms with Gasteiger partial charge in [0.1, 0.15) is 22.0 Å². The van der Waals surface area contributed by atoms with Crippen LogP contribution in [0.5, 0.6) is 0 Å². The number of hydrogen-bond donors (Lipinski definition) is 1. The van der Waals surface area contributed by atoms with Crippen LogP contribution in [0.2, 0.25) is 5.15 Å². The summed E-state index contributed by atoms with van der Waals surface area (Å²) in [5.41, 5.74) is 7.07. The second kappa shape index (κ2) is 8.25. The van der Waals surface area contributed by atoms with Crippen LogP contribution in [0, 0.1) is 20.8 Å². The monoisotopic (exact) mass is 473 g/mol. The molecule has 0 radical (unpaired) electrons. The van der Waals surface area contributed by atoms with Gasteiger partial charge in [-0.1, -0.05) is 22.9 Å². The first-order valence-electron chi connectivity index (χ1n) is 11.0. The van der Waals surface area contributed by atoms with Gasteiger partial charge in [-0.15, -0.1) is 5.10 Å². The quantitative estimate of drug-likeness (QED) is 0.327. The number of hydrogen-bond acceptors (Lipinski definition) is 6. The van der Waals surface area contributed by atoms with Crippen molar-refractivity contribution >= 4 is 39.3 Å². The van der Waals surface area contributed by atoms with Gasteiger partial charge < -0.3 is 9.73 Å². The zero-order chi connectivity index (χ0) is 24.1. The molecule has 2 aromatic carbocycles. The van der Waals surface area contributed by atoms with Gasteiger partial charge in [-0.05, 0) is 69.7 Å². The van der Waals surface area contributed by atoms with Crippen molar-refractivity contribution in [2.75, 3.05) is 5.32 Å². The van der Waals surface area contributed by atoms with E-state index in [-0.39, 0.29) is 11.5 Å². The minimum atomic E-state index is -0.148. The average Bonchev–Trinajstić information content (AvgIpc) is 3.18. The van der Waals surface area contributed by atoms with Gasteiger partial charge in [-0.25, -0.2) is 9.67 Å². The summed E-state index contributed by atoms with van der Waals surface area (Å²) in [6, 6.07) is 13.2. The first-order chi connectivity index (χ1) is 16.2. The molecule has 1 N–H and O–H groups in total. The molecule has 5 aromatic rings. The van der Waals surface area contributed by atoms with Crippen LogP contribution in [-0.4, -0.2) is 20.0 Å². The van der Waals surface area contributed by atoms with Crippen molar-refractivity contribution in [2.45, 2.75) is 33.7 Å². The zero-order valence-corrected chi connectivity index (χ0v) is 20.4. The summed E-state index contributed by atoms with van der Waals surface area (Å²) >= 11 is 6.02.